The summed E-state index contributed by atoms with van der Waals surface area (Å²) >= 11 is 0. The van der Waals surface area contributed by atoms with E-state index in [1.807, 2.05) is 0 Å². The summed E-state index contributed by atoms with van der Waals surface area (Å²) in [6.45, 7) is 0.439. The zero-order valence-corrected chi connectivity index (χ0v) is 13.1. The molecular weight excluding hydrogens is 328 g/mol. The molecule has 0 saturated carbocycles. The van der Waals surface area contributed by atoms with E-state index < -0.39 is 11.9 Å². The molecule has 3 N–H and O–H groups in total. The van der Waals surface area contributed by atoms with Crippen molar-refractivity contribution in [1.82, 2.24) is 0 Å². The van der Waals surface area contributed by atoms with Gasteiger partial charge in [-0.25, -0.2) is 4.79 Å². The molecule has 0 spiro atoms. The molecule has 8 heteroatoms. The molecule has 8 nitrogen and oxygen atoms in total. The van der Waals surface area contributed by atoms with Crippen molar-refractivity contribution in [3.05, 3.63) is 53.6 Å². The number of aromatic hydroxyl groups is 1. The van der Waals surface area contributed by atoms with Gasteiger partial charge in [0.25, 0.3) is 0 Å². The van der Waals surface area contributed by atoms with E-state index in [0.29, 0.717) is 18.0 Å². The van der Waals surface area contributed by atoms with E-state index in [0.717, 1.165) is 5.56 Å². The van der Waals surface area contributed by atoms with Crippen molar-refractivity contribution in [1.29, 1.82) is 0 Å². The minimum absolute atomic E-state index is 0.0444. The van der Waals surface area contributed by atoms with Gasteiger partial charge in [0.05, 0.1) is 31.0 Å². The van der Waals surface area contributed by atoms with Crippen LogP contribution in [0.4, 0.5) is 11.4 Å². The number of hydrogen-bond donors (Lipinski definition) is 3. The number of benzene rings is 2. The second kappa shape index (κ2) is 8.55. The maximum absolute atomic E-state index is 11.0. The molecule has 0 saturated heterocycles. The highest BCUT2D eigenvalue weighted by atomic mass is 16.5. The highest BCUT2D eigenvalue weighted by Gasteiger charge is 2.09. The van der Waals surface area contributed by atoms with Crippen LogP contribution >= 0.6 is 0 Å². The number of aromatic carboxylic acids is 1. The molecule has 0 amide bonds. The Balaban J connectivity index is 1.96. The molecule has 0 unspecified atom stereocenters. The topological polar surface area (TPSA) is 129 Å². The van der Waals surface area contributed by atoms with Gasteiger partial charge >= 0.3 is 11.9 Å². The van der Waals surface area contributed by atoms with Crippen molar-refractivity contribution in [2.75, 3.05) is 6.61 Å². The number of aliphatic carboxylic acids is 1. The van der Waals surface area contributed by atoms with Gasteiger partial charge < -0.3 is 20.1 Å². The van der Waals surface area contributed by atoms with Crippen LogP contribution in [0.5, 0.6) is 5.75 Å². The quantitative estimate of drug-likeness (QED) is 0.496. The van der Waals surface area contributed by atoms with Crippen LogP contribution < -0.4 is 0 Å². The Morgan fingerprint density at radius 1 is 0.960 bits per heavy atom. The van der Waals surface area contributed by atoms with E-state index in [4.69, 9.17) is 14.9 Å². The van der Waals surface area contributed by atoms with Crippen LogP contribution in [0.25, 0.3) is 0 Å². The number of carboxylic acid groups (broad SMARTS) is 2. The molecule has 0 aliphatic rings. The Hall–Kier alpha value is -3.26. The van der Waals surface area contributed by atoms with Crippen molar-refractivity contribution in [3.8, 4) is 5.75 Å². The minimum Gasteiger partial charge on any atom is -0.507 e. The molecule has 0 fully saturated rings. The van der Waals surface area contributed by atoms with Crippen molar-refractivity contribution >= 4 is 23.3 Å². The SMILES string of the molecule is O=C(O)CCOCc1ccc(N=Nc2ccc(O)c(C(=O)O)c2)cc1. The number of nitrogens with zero attached hydrogens (tertiary/aromatic N) is 2. The Kier molecular flexibility index (Phi) is 6.19. The number of carboxylic acids is 2. The number of carbonyl (C=O) groups is 2. The minimum atomic E-state index is -1.25. The first-order valence-corrected chi connectivity index (χ1v) is 7.32. The summed E-state index contributed by atoms with van der Waals surface area (Å²) in [5.74, 6) is -2.49. The highest BCUT2D eigenvalue weighted by Crippen LogP contribution is 2.25. The van der Waals surface area contributed by atoms with Gasteiger partial charge in [0.2, 0.25) is 0 Å². The lowest BCUT2D eigenvalue weighted by Crippen LogP contribution is -2.02. The summed E-state index contributed by atoms with van der Waals surface area (Å²) in [4.78, 5) is 21.3. The number of azo groups is 1. The van der Waals surface area contributed by atoms with Gasteiger partial charge in [-0.3, -0.25) is 4.79 Å². The van der Waals surface area contributed by atoms with E-state index in [1.54, 1.807) is 24.3 Å². The molecule has 0 heterocycles. The van der Waals surface area contributed by atoms with E-state index in [-0.39, 0.29) is 24.3 Å². The Morgan fingerprint density at radius 3 is 2.24 bits per heavy atom. The van der Waals surface area contributed by atoms with Gasteiger partial charge in [-0.2, -0.15) is 10.2 Å². The summed E-state index contributed by atoms with van der Waals surface area (Å²) in [5, 5.41) is 34.8. The Labute approximate surface area is 143 Å². The molecule has 0 radical (unpaired) electrons. The Bertz CT molecular complexity index is 786. The maximum atomic E-state index is 11.0. The van der Waals surface area contributed by atoms with E-state index in [2.05, 4.69) is 10.2 Å². The normalized spacial score (nSPS) is 10.9. The van der Waals surface area contributed by atoms with Crippen LogP contribution in [0.3, 0.4) is 0 Å². The second-order valence-electron chi connectivity index (χ2n) is 5.07. The standard InChI is InChI=1S/C17H16N2O6/c20-15-6-5-13(9-14(15)17(23)24)19-18-12-3-1-11(2-4-12)10-25-8-7-16(21)22/h1-6,9,20H,7-8,10H2,(H,21,22)(H,23,24). The van der Waals surface area contributed by atoms with Gasteiger partial charge in [0.15, 0.2) is 0 Å². The maximum Gasteiger partial charge on any atom is 0.339 e. The van der Waals surface area contributed by atoms with Crippen LogP contribution in [-0.4, -0.2) is 33.9 Å². The first-order valence-electron chi connectivity index (χ1n) is 7.32. The van der Waals surface area contributed by atoms with Gasteiger partial charge in [-0.05, 0) is 35.9 Å². The van der Waals surface area contributed by atoms with Gasteiger partial charge in [0, 0.05) is 0 Å². The predicted molar refractivity (Wildman–Crippen MR) is 87.6 cm³/mol. The average Bonchev–Trinajstić information content (AvgIpc) is 2.58. The zero-order chi connectivity index (χ0) is 18.2. The largest absolute Gasteiger partial charge is 0.507 e. The van der Waals surface area contributed by atoms with Crippen LogP contribution in [-0.2, 0) is 16.1 Å². The van der Waals surface area contributed by atoms with E-state index in [1.165, 1.54) is 18.2 Å². The molecule has 0 aromatic heterocycles. The van der Waals surface area contributed by atoms with Crippen LogP contribution in [0, 0.1) is 0 Å². The molecule has 0 aliphatic heterocycles. The summed E-state index contributed by atoms with van der Waals surface area (Å²) in [5.41, 5.74) is 1.47. The lowest BCUT2D eigenvalue weighted by molar-refractivity contribution is -0.138. The number of rotatable bonds is 8. The van der Waals surface area contributed by atoms with Gasteiger partial charge in [0.1, 0.15) is 11.3 Å². The first kappa shape index (κ1) is 18.1. The summed E-state index contributed by atoms with van der Waals surface area (Å²) in [6, 6.07) is 10.9. The van der Waals surface area contributed by atoms with Crippen LogP contribution in [0.2, 0.25) is 0 Å². The smallest absolute Gasteiger partial charge is 0.339 e. The molecule has 130 valence electrons. The van der Waals surface area contributed by atoms with Crippen LogP contribution in [0.15, 0.2) is 52.7 Å². The summed E-state index contributed by atoms with van der Waals surface area (Å²) < 4.78 is 5.23. The van der Waals surface area contributed by atoms with Crippen molar-refractivity contribution in [2.24, 2.45) is 10.2 Å². The number of phenols is 1. The second-order valence-corrected chi connectivity index (χ2v) is 5.07. The monoisotopic (exact) mass is 344 g/mol. The lowest BCUT2D eigenvalue weighted by atomic mass is 10.2. The summed E-state index contributed by atoms with van der Waals surface area (Å²) in [7, 11) is 0. The molecule has 25 heavy (non-hydrogen) atoms. The molecule has 2 aromatic carbocycles. The average molecular weight is 344 g/mol. The van der Waals surface area contributed by atoms with E-state index >= 15 is 0 Å². The molecule has 0 bridgehead atoms. The lowest BCUT2D eigenvalue weighted by Gasteiger charge is -2.03. The third-order valence-corrected chi connectivity index (χ3v) is 3.16. The molecule has 2 aromatic rings. The fourth-order valence-corrected chi connectivity index (χ4v) is 1.88. The fourth-order valence-electron chi connectivity index (χ4n) is 1.88. The molecule has 0 atom stereocenters. The number of hydrogen-bond acceptors (Lipinski definition) is 6. The van der Waals surface area contributed by atoms with Crippen LogP contribution in [0.1, 0.15) is 22.3 Å². The van der Waals surface area contributed by atoms with Gasteiger partial charge in [-0.1, -0.05) is 12.1 Å². The van der Waals surface area contributed by atoms with Crippen molar-refractivity contribution in [3.63, 3.8) is 0 Å². The van der Waals surface area contributed by atoms with Crippen molar-refractivity contribution in [2.45, 2.75) is 13.0 Å². The highest BCUT2D eigenvalue weighted by molar-refractivity contribution is 5.91. The molecular formula is C17H16N2O6. The third kappa shape index (κ3) is 5.70. The predicted octanol–water partition coefficient (Wildman–Crippen LogP) is 3.50. The third-order valence-electron chi connectivity index (χ3n) is 3.16. The van der Waals surface area contributed by atoms with Crippen molar-refractivity contribution < 1.29 is 29.6 Å². The fraction of sp³-hybridized carbons (Fsp3) is 0.176. The summed E-state index contributed by atoms with van der Waals surface area (Å²) in [6.07, 6.45) is -0.0444. The number of ether oxygens (including phenoxy) is 1. The zero-order valence-electron chi connectivity index (χ0n) is 13.1. The van der Waals surface area contributed by atoms with Gasteiger partial charge in [-0.15, -0.1) is 0 Å². The first-order chi connectivity index (χ1) is 12.0. The Morgan fingerprint density at radius 2 is 1.60 bits per heavy atom. The van der Waals surface area contributed by atoms with E-state index in [9.17, 15) is 14.7 Å². The molecule has 0 aliphatic carbocycles. The molecule has 2 rings (SSSR count).